The highest BCUT2D eigenvalue weighted by molar-refractivity contribution is 6.36. The first kappa shape index (κ1) is 9.22. The lowest BCUT2D eigenvalue weighted by Crippen LogP contribution is -1.93. The van der Waals surface area contributed by atoms with Gasteiger partial charge in [-0.2, -0.15) is 0 Å². The average molecular weight is 205 g/mol. The minimum absolute atomic E-state index is 0.0675. The SMILES string of the molecule is CC(=O)c1ccc(Cl)c2ccccc12. The molecule has 0 heterocycles. The largest absolute Gasteiger partial charge is 0.294 e. The first-order valence-corrected chi connectivity index (χ1v) is 4.76. The van der Waals surface area contributed by atoms with Gasteiger partial charge in [0, 0.05) is 16.0 Å². The fourth-order valence-corrected chi connectivity index (χ4v) is 1.80. The van der Waals surface area contributed by atoms with Crippen molar-refractivity contribution in [3.8, 4) is 0 Å². The molecule has 0 aliphatic carbocycles. The van der Waals surface area contributed by atoms with Gasteiger partial charge in [-0.15, -0.1) is 0 Å². The number of halogens is 1. The molecule has 0 amide bonds. The van der Waals surface area contributed by atoms with E-state index >= 15 is 0 Å². The van der Waals surface area contributed by atoms with Crippen LogP contribution in [0.5, 0.6) is 0 Å². The van der Waals surface area contributed by atoms with E-state index in [1.54, 1.807) is 19.1 Å². The zero-order valence-electron chi connectivity index (χ0n) is 7.75. The second kappa shape index (κ2) is 3.43. The Morgan fingerprint density at radius 1 is 1.07 bits per heavy atom. The molecule has 70 valence electrons. The van der Waals surface area contributed by atoms with Crippen molar-refractivity contribution in [3.05, 3.63) is 47.0 Å². The fraction of sp³-hybridized carbons (Fsp3) is 0.0833. The van der Waals surface area contributed by atoms with E-state index in [2.05, 4.69) is 0 Å². The predicted octanol–water partition coefficient (Wildman–Crippen LogP) is 3.70. The third kappa shape index (κ3) is 1.40. The molecule has 0 aliphatic heterocycles. The Bertz CT molecular complexity index is 503. The van der Waals surface area contributed by atoms with Gasteiger partial charge in [0.05, 0.1) is 0 Å². The number of hydrogen-bond donors (Lipinski definition) is 0. The molecule has 14 heavy (non-hydrogen) atoms. The molecule has 0 bridgehead atoms. The van der Waals surface area contributed by atoms with Gasteiger partial charge in [-0.25, -0.2) is 0 Å². The maximum absolute atomic E-state index is 11.3. The summed E-state index contributed by atoms with van der Waals surface area (Å²) in [6, 6.07) is 11.2. The molecule has 0 N–H and O–H groups in total. The van der Waals surface area contributed by atoms with E-state index < -0.39 is 0 Å². The van der Waals surface area contributed by atoms with Crippen molar-refractivity contribution in [3.63, 3.8) is 0 Å². The van der Waals surface area contributed by atoms with Gasteiger partial charge in [-0.1, -0.05) is 35.9 Å². The number of benzene rings is 2. The van der Waals surface area contributed by atoms with Crippen LogP contribution < -0.4 is 0 Å². The lowest BCUT2D eigenvalue weighted by atomic mass is 10.0. The van der Waals surface area contributed by atoms with E-state index in [1.807, 2.05) is 24.3 Å². The van der Waals surface area contributed by atoms with Gasteiger partial charge in [0.2, 0.25) is 0 Å². The highest BCUT2D eigenvalue weighted by Gasteiger charge is 2.06. The number of hydrogen-bond acceptors (Lipinski definition) is 1. The van der Waals surface area contributed by atoms with E-state index in [9.17, 15) is 4.79 Å². The van der Waals surface area contributed by atoms with E-state index in [1.165, 1.54) is 0 Å². The molecule has 0 saturated heterocycles. The average Bonchev–Trinajstić information content (AvgIpc) is 2.18. The number of carbonyl (C=O) groups excluding carboxylic acids is 1. The standard InChI is InChI=1S/C12H9ClO/c1-8(14)9-6-7-12(13)11-5-3-2-4-10(9)11/h2-7H,1H3. The van der Waals surface area contributed by atoms with Crippen LogP contribution >= 0.6 is 11.6 Å². The Balaban J connectivity index is 2.88. The summed E-state index contributed by atoms with van der Waals surface area (Å²) in [7, 11) is 0. The summed E-state index contributed by atoms with van der Waals surface area (Å²) in [5.41, 5.74) is 0.727. The predicted molar refractivity (Wildman–Crippen MR) is 59.0 cm³/mol. The molecule has 2 aromatic carbocycles. The Kier molecular flexibility index (Phi) is 2.26. The molecule has 2 heteroatoms. The minimum atomic E-state index is 0.0675. The van der Waals surface area contributed by atoms with Gasteiger partial charge in [-0.3, -0.25) is 4.79 Å². The van der Waals surface area contributed by atoms with Crippen LogP contribution in [0.15, 0.2) is 36.4 Å². The third-order valence-corrected chi connectivity index (χ3v) is 2.58. The van der Waals surface area contributed by atoms with Crippen molar-refractivity contribution < 1.29 is 4.79 Å². The zero-order chi connectivity index (χ0) is 10.1. The van der Waals surface area contributed by atoms with Crippen molar-refractivity contribution in [2.45, 2.75) is 6.92 Å². The normalized spacial score (nSPS) is 10.4. The minimum Gasteiger partial charge on any atom is -0.294 e. The highest BCUT2D eigenvalue weighted by atomic mass is 35.5. The molecule has 0 saturated carbocycles. The van der Waals surface area contributed by atoms with Crippen LogP contribution in [0.4, 0.5) is 0 Å². The van der Waals surface area contributed by atoms with Gasteiger partial charge in [0.25, 0.3) is 0 Å². The Hall–Kier alpha value is -1.34. The van der Waals surface area contributed by atoms with Gasteiger partial charge in [0.15, 0.2) is 5.78 Å². The molecular formula is C12H9ClO. The van der Waals surface area contributed by atoms with Crippen LogP contribution in [0.3, 0.4) is 0 Å². The molecule has 0 aromatic heterocycles. The fourth-order valence-electron chi connectivity index (χ4n) is 1.57. The summed E-state index contributed by atoms with van der Waals surface area (Å²) in [5.74, 6) is 0.0675. The monoisotopic (exact) mass is 204 g/mol. The van der Waals surface area contributed by atoms with Crippen LogP contribution in [0, 0.1) is 0 Å². The molecule has 2 rings (SSSR count). The van der Waals surface area contributed by atoms with Crippen LogP contribution in [0.25, 0.3) is 10.8 Å². The van der Waals surface area contributed by atoms with Gasteiger partial charge in [0.1, 0.15) is 0 Å². The number of Topliss-reactive ketones (excluding diaryl/α,β-unsaturated/α-hetero) is 1. The topological polar surface area (TPSA) is 17.1 Å². The Morgan fingerprint density at radius 3 is 2.36 bits per heavy atom. The van der Waals surface area contributed by atoms with Crippen LogP contribution in [-0.2, 0) is 0 Å². The molecule has 0 fully saturated rings. The molecule has 0 unspecified atom stereocenters. The van der Waals surface area contributed by atoms with E-state index in [4.69, 9.17) is 11.6 Å². The number of carbonyl (C=O) groups is 1. The van der Waals surface area contributed by atoms with Crippen molar-refractivity contribution >= 4 is 28.2 Å². The molecule has 2 aromatic rings. The lowest BCUT2D eigenvalue weighted by molar-refractivity contribution is 0.101. The zero-order valence-corrected chi connectivity index (χ0v) is 8.51. The quantitative estimate of drug-likeness (QED) is 0.648. The van der Waals surface area contributed by atoms with Crippen LogP contribution in [0.2, 0.25) is 5.02 Å². The number of ketones is 1. The van der Waals surface area contributed by atoms with Crippen molar-refractivity contribution in [2.24, 2.45) is 0 Å². The van der Waals surface area contributed by atoms with Gasteiger partial charge in [-0.05, 0) is 24.4 Å². The van der Waals surface area contributed by atoms with Gasteiger partial charge < -0.3 is 0 Å². The maximum Gasteiger partial charge on any atom is 0.160 e. The molecule has 0 radical (unpaired) electrons. The molecule has 1 nitrogen and oxygen atoms in total. The molecule has 0 aliphatic rings. The smallest absolute Gasteiger partial charge is 0.160 e. The highest BCUT2D eigenvalue weighted by Crippen LogP contribution is 2.26. The van der Waals surface area contributed by atoms with Crippen molar-refractivity contribution in [1.29, 1.82) is 0 Å². The van der Waals surface area contributed by atoms with Crippen LogP contribution in [0.1, 0.15) is 17.3 Å². The Morgan fingerprint density at radius 2 is 1.71 bits per heavy atom. The summed E-state index contributed by atoms with van der Waals surface area (Å²) in [6.07, 6.45) is 0. The second-order valence-corrected chi connectivity index (χ2v) is 3.60. The van der Waals surface area contributed by atoms with Crippen molar-refractivity contribution in [1.82, 2.24) is 0 Å². The Labute approximate surface area is 87.3 Å². The molecular weight excluding hydrogens is 196 g/mol. The van der Waals surface area contributed by atoms with E-state index in [0.29, 0.717) is 5.02 Å². The third-order valence-electron chi connectivity index (χ3n) is 2.25. The number of fused-ring (bicyclic) bond motifs is 1. The summed E-state index contributed by atoms with van der Waals surface area (Å²) < 4.78 is 0. The van der Waals surface area contributed by atoms with Gasteiger partial charge >= 0.3 is 0 Å². The number of rotatable bonds is 1. The maximum atomic E-state index is 11.3. The molecule has 0 atom stereocenters. The summed E-state index contributed by atoms with van der Waals surface area (Å²) >= 11 is 6.02. The van der Waals surface area contributed by atoms with Crippen molar-refractivity contribution in [2.75, 3.05) is 0 Å². The first-order chi connectivity index (χ1) is 6.70. The molecule has 0 spiro atoms. The first-order valence-electron chi connectivity index (χ1n) is 4.38. The second-order valence-electron chi connectivity index (χ2n) is 3.20. The summed E-state index contributed by atoms with van der Waals surface area (Å²) in [5, 5.41) is 2.54. The summed E-state index contributed by atoms with van der Waals surface area (Å²) in [6.45, 7) is 1.57. The van der Waals surface area contributed by atoms with Crippen LogP contribution in [-0.4, -0.2) is 5.78 Å². The summed E-state index contributed by atoms with van der Waals surface area (Å²) in [4.78, 5) is 11.3. The van der Waals surface area contributed by atoms with E-state index in [0.717, 1.165) is 16.3 Å². The lowest BCUT2D eigenvalue weighted by Gasteiger charge is -2.04. The van der Waals surface area contributed by atoms with E-state index in [-0.39, 0.29) is 5.78 Å².